The number of ether oxygens (including phenoxy) is 4. The average molecular weight is 1470 g/mol. The number of carbonyl (C=O) groups excluding carboxylic acids is 11. The maximum atomic E-state index is 15.2. The largest absolute Gasteiger partial charge is 0.388 e. The quantitative estimate of drug-likeness (QED) is 0.0158. The molecular formula is C70H108N20O15. The molecule has 1 heterocycles. The smallest absolute Gasteiger partial charge is 0.246 e. The van der Waals surface area contributed by atoms with E-state index in [1.165, 1.54) is 0 Å². The maximum Gasteiger partial charge on any atom is 0.246 e. The summed E-state index contributed by atoms with van der Waals surface area (Å²) >= 11 is 0. The first kappa shape index (κ1) is 87.0. The topological polar surface area (TPSA) is 590 Å². The van der Waals surface area contributed by atoms with Gasteiger partial charge in [-0.1, -0.05) is 86.1 Å². The predicted molar refractivity (Wildman–Crippen MR) is 394 cm³/mol. The Morgan fingerprint density at radius 2 is 0.962 bits per heavy atom. The van der Waals surface area contributed by atoms with E-state index < -0.39 is 140 Å². The minimum atomic E-state index is -1.69. The van der Waals surface area contributed by atoms with Gasteiger partial charge < -0.3 is 107 Å². The molecule has 105 heavy (non-hydrogen) atoms. The zero-order valence-electron chi connectivity index (χ0n) is 59.8. The second kappa shape index (κ2) is 49.3. The molecule has 25 N–H and O–H groups in total. The summed E-state index contributed by atoms with van der Waals surface area (Å²) in [5, 5.41) is 31.0. The normalized spacial score (nSPS) is 18.8. The Morgan fingerprint density at radius 1 is 0.476 bits per heavy atom. The second-order valence-electron chi connectivity index (χ2n) is 25.3. The van der Waals surface area contributed by atoms with E-state index in [0.717, 1.165) is 17.2 Å². The Bertz CT molecular complexity index is 3400. The van der Waals surface area contributed by atoms with Crippen LogP contribution in [0.15, 0.2) is 87.8 Å². The molecule has 35 nitrogen and oxygen atoms in total. The molecular weight excluding hydrogens is 1360 g/mol. The number of fused-ring (bicyclic) bond motifs is 1. The van der Waals surface area contributed by atoms with Crippen molar-refractivity contribution in [1.29, 1.82) is 5.41 Å². The van der Waals surface area contributed by atoms with Crippen LogP contribution in [0.4, 0.5) is 0 Å². The number of amidine groups is 1. The number of aliphatic imine (C=N–C) groups is 3. The summed E-state index contributed by atoms with van der Waals surface area (Å²) < 4.78 is 21.6. The van der Waals surface area contributed by atoms with Gasteiger partial charge in [-0.05, 0) is 92.5 Å². The Labute approximate surface area is 611 Å². The maximum absolute atomic E-state index is 15.2. The SMILES string of the molecule is CCCOCCOCC(=O)CCCOCCOCC(=O)N[C@@H](CNC(=O)CCC1NC(=O)[C@@H](CCCN=C(N)N)CC(=O)[C@H](CCCCC(=N)N)NC(=O)[C@@H](CCCN=C(N)N)NC(=O)[C@H](CCCN=C(N)N)NC(=O)[C@H](Cc2ccc3ccccc3c2)NC(=O)[C@@H](Cc2ccccc2)NC1=O)C(N)=O. The van der Waals surface area contributed by atoms with Gasteiger partial charge in [-0.25, -0.2) is 0 Å². The lowest BCUT2D eigenvalue weighted by atomic mass is 9.90. The number of guanidine groups is 3. The van der Waals surface area contributed by atoms with E-state index in [2.05, 4.69) is 57.5 Å². The van der Waals surface area contributed by atoms with Crippen LogP contribution in [0.1, 0.15) is 121 Å². The molecule has 35 heteroatoms. The molecule has 3 aromatic rings. The molecule has 0 spiro atoms. The molecule has 3 aromatic carbocycles. The Morgan fingerprint density at radius 3 is 1.53 bits per heavy atom. The van der Waals surface area contributed by atoms with Gasteiger partial charge in [0.2, 0.25) is 53.2 Å². The minimum absolute atomic E-state index is 0.000945. The number of ketones is 2. The number of benzene rings is 3. The summed E-state index contributed by atoms with van der Waals surface area (Å²) in [4.78, 5) is 169. The molecule has 1 aliphatic heterocycles. The van der Waals surface area contributed by atoms with Gasteiger partial charge in [0.15, 0.2) is 29.4 Å². The van der Waals surface area contributed by atoms with E-state index in [1.807, 2.05) is 43.3 Å². The van der Waals surface area contributed by atoms with Crippen molar-refractivity contribution >= 4 is 99.2 Å². The number of Topliss-reactive ketones (excluding diaryl/α,β-unsaturated/α-hetero) is 2. The van der Waals surface area contributed by atoms with E-state index in [-0.39, 0.29) is 153 Å². The number of rotatable bonds is 44. The molecule has 0 radical (unpaired) electrons. The Balaban J connectivity index is 1.76. The first-order chi connectivity index (χ1) is 50.3. The zero-order valence-corrected chi connectivity index (χ0v) is 59.8. The molecule has 0 aromatic heterocycles. The van der Waals surface area contributed by atoms with Gasteiger partial charge in [0, 0.05) is 83.8 Å². The molecule has 1 unspecified atom stereocenters. The number of nitrogens with one attached hydrogen (secondary N) is 9. The Hall–Kier alpha value is -10.4. The molecule has 1 fully saturated rings. The average Bonchev–Trinajstić information content (AvgIpc) is 1.29. The summed E-state index contributed by atoms with van der Waals surface area (Å²) in [5.41, 5.74) is 46.3. The fourth-order valence-electron chi connectivity index (χ4n) is 11.0. The minimum Gasteiger partial charge on any atom is -0.388 e. The first-order valence-corrected chi connectivity index (χ1v) is 35.4. The van der Waals surface area contributed by atoms with Gasteiger partial charge in [0.25, 0.3) is 0 Å². The lowest BCUT2D eigenvalue weighted by Crippen LogP contribution is -2.60. The molecule has 0 aliphatic carbocycles. The van der Waals surface area contributed by atoms with Crippen molar-refractivity contribution in [2.24, 2.45) is 66.8 Å². The van der Waals surface area contributed by atoms with Gasteiger partial charge in [0.1, 0.15) is 49.5 Å². The number of nitrogens with zero attached hydrogens (tertiary/aromatic N) is 3. The fraction of sp³-hybridized carbons (Fsp3) is 0.557. The van der Waals surface area contributed by atoms with Gasteiger partial charge >= 0.3 is 0 Å². The van der Waals surface area contributed by atoms with E-state index >= 15 is 19.2 Å². The van der Waals surface area contributed by atoms with Crippen LogP contribution < -0.4 is 88.4 Å². The molecule has 8 atom stereocenters. The number of hydrogen-bond donors (Lipinski definition) is 17. The third kappa shape index (κ3) is 36.5. The summed E-state index contributed by atoms with van der Waals surface area (Å²) in [6.45, 7) is 2.49. The van der Waals surface area contributed by atoms with E-state index in [1.54, 1.807) is 36.4 Å². The van der Waals surface area contributed by atoms with Crippen LogP contribution in [-0.4, -0.2) is 210 Å². The highest BCUT2D eigenvalue weighted by Crippen LogP contribution is 2.21. The van der Waals surface area contributed by atoms with Crippen molar-refractivity contribution in [3.63, 3.8) is 0 Å². The van der Waals surface area contributed by atoms with Gasteiger partial charge in [-0.2, -0.15) is 0 Å². The lowest BCUT2D eigenvalue weighted by Gasteiger charge is -2.28. The highest BCUT2D eigenvalue weighted by atomic mass is 16.5. The summed E-state index contributed by atoms with van der Waals surface area (Å²) in [6, 6.07) is 10.9. The monoisotopic (exact) mass is 1470 g/mol. The van der Waals surface area contributed by atoms with E-state index in [9.17, 15) is 33.6 Å². The summed E-state index contributed by atoms with van der Waals surface area (Å²) in [7, 11) is 0. The third-order valence-electron chi connectivity index (χ3n) is 16.5. The zero-order chi connectivity index (χ0) is 76.9. The van der Waals surface area contributed by atoms with Gasteiger partial charge in [-0.3, -0.25) is 73.1 Å². The summed E-state index contributed by atoms with van der Waals surface area (Å²) in [6.07, 6.45) is 0.0783. The van der Waals surface area contributed by atoms with Crippen LogP contribution in [-0.2, 0) is 84.5 Å². The number of amides is 9. The van der Waals surface area contributed by atoms with Crippen molar-refractivity contribution in [3.05, 3.63) is 83.9 Å². The molecule has 0 saturated carbocycles. The first-order valence-electron chi connectivity index (χ1n) is 35.4. The molecule has 4 rings (SSSR count). The van der Waals surface area contributed by atoms with Gasteiger partial charge in [0.05, 0.1) is 38.3 Å². The lowest BCUT2D eigenvalue weighted by molar-refractivity contribution is -0.136. The van der Waals surface area contributed by atoms with Crippen LogP contribution in [0.2, 0.25) is 0 Å². The van der Waals surface area contributed by atoms with E-state index in [0.29, 0.717) is 43.8 Å². The van der Waals surface area contributed by atoms with Gasteiger partial charge in [-0.15, -0.1) is 0 Å². The number of unbranched alkanes of at least 4 members (excludes halogenated alkanes) is 1. The number of nitrogens with two attached hydrogens (primary N) is 8. The van der Waals surface area contributed by atoms with Crippen molar-refractivity contribution in [3.8, 4) is 0 Å². The summed E-state index contributed by atoms with van der Waals surface area (Å²) in [5.74, 6) is -11.0. The molecule has 9 amide bonds. The van der Waals surface area contributed by atoms with Crippen LogP contribution in [0.5, 0.6) is 0 Å². The van der Waals surface area contributed by atoms with Crippen molar-refractivity contribution < 1.29 is 71.7 Å². The third-order valence-corrected chi connectivity index (χ3v) is 16.5. The molecule has 1 aliphatic rings. The molecule has 578 valence electrons. The molecule has 1 saturated heterocycles. The highest BCUT2D eigenvalue weighted by molar-refractivity contribution is 5.99. The number of carbonyl (C=O) groups is 11. The number of primary amides is 1. The predicted octanol–water partition coefficient (Wildman–Crippen LogP) is -2.53. The molecule has 0 bridgehead atoms. The van der Waals surface area contributed by atoms with Crippen molar-refractivity contribution in [2.45, 2.75) is 165 Å². The van der Waals surface area contributed by atoms with Crippen LogP contribution >= 0.6 is 0 Å². The van der Waals surface area contributed by atoms with Crippen LogP contribution in [0.3, 0.4) is 0 Å². The highest BCUT2D eigenvalue weighted by Gasteiger charge is 2.37. The standard InChI is InChI=1S/C70H108N20O15/c1-2-31-102-33-35-104-42-49(91)19-13-32-103-34-36-105-43-60(94)84-56(61(73)95)41-83-59(93)27-26-53-65(99)89-54(38-44-14-4-3-5-15-44)67(101)90-55(39-45-24-25-46-16-6-7-17-47(46)37-45)66(100)88-52(22-12-30-82-70(78)79)64(98)87-51(21-11-29-81-69(76)77)63(97)85-50(20-8-9-23-58(71)72)57(92)40-48(62(96)86-53)18-10-28-80-68(74)75/h3-7,14-17,24-25,37,48,50-56H,2,8-13,18-23,26-36,38-43H2,1H3,(H3,71,72)(H2,73,95)(H,83,93)(H,84,94)(H,85,97)(H,86,96)(H,87,98)(H,88,100)(H,89,99)(H,90,101)(H4,74,75,80)(H4,76,77,81)(H4,78,79,82)/t48-,50-,51+,52-,53?,54+,55-,56-/m0/s1. The second-order valence-corrected chi connectivity index (χ2v) is 25.3. The van der Waals surface area contributed by atoms with Crippen molar-refractivity contribution in [1.82, 2.24) is 42.5 Å². The van der Waals surface area contributed by atoms with E-state index in [4.69, 9.17) is 70.2 Å². The van der Waals surface area contributed by atoms with Crippen LogP contribution in [0.25, 0.3) is 10.8 Å². The van der Waals surface area contributed by atoms with Crippen molar-refractivity contribution in [2.75, 3.05) is 79.0 Å². The fourth-order valence-corrected chi connectivity index (χ4v) is 11.0. The number of hydrogen-bond acceptors (Lipinski definition) is 19. The van der Waals surface area contributed by atoms with Crippen LogP contribution in [0, 0.1) is 11.3 Å². The Kier molecular flexibility index (Phi) is 40.9.